The van der Waals surface area contributed by atoms with Crippen LogP contribution in [0.15, 0.2) is 167 Å². The van der Waals surface area contributed by atoms with Gasteiger partial charge in [0, 0.05) is 17.3 Å². The topological polar surface area (TPSA) is 99.6 Å². The molecule has 3 heterocycles. The first-order valence-corrected chi connectivity index (χ1v) is 26.7. The standard InChI is InChI=1S/C50H54N2O6S2Si2/c1-35-33-52(47(55)51-43(35)53)44-41-42(58-62(49(5,6)7,39-29-19-11-20-30-39)40-31-21-12-22-32-40)50(57-44,46(59-41)60-45(54)36-23-13-8-14-24-36)34-56-61(48(2,3)4,37-25-15-9-16-26-37)38-27-17-10-18-28-38/h8-33,41-42,44,46H,34H2,1-7H3,(H,51,53,55)/t41-,42+,44-,46-,50-/m1/s1. The van der Waals surface area contributed by atoms with Crippen LogP contribution in [0.3, 0.4) is 0 Å². The summed E-state index contributed by atoms with van der Waals surface area (Å²) >= 11 is 2.83. The van der Waals surface area contributed by atoms with Crippen LogP contribution in [0.25, 0.3) is 0 Å². The molecule has 8 nitrogen and oxygen atoms in total. The van der Waals surface area contributed by atoms with Crippen LogP contribution in [-0.2, 0) is 13.6 Å². The number of nitrogens with zero attached hydrogens (tertiary/aromatic N) is 1. The quantitative estimate of drug-likeness (QED) is 0.125. The molecule has 2 fully saturated rings. The van der Waals surface area contributed by atoms with E-state index in [1.165, 1.54) is 16.3 Å². The number of ether oxygens (including phenoxy) is 1. The highest BCUT2D eigenvalue weighted by Crippen LogP contribution is 2.62. The molecule has 0 saturated carbocycles. The van der Waals surface area contributed by atoms with Gasteiger partial charge in [0.05, 0.1) is 22.5 Å². The number of thioether (sulfide) groups is 2. The highest BCUT2D eigenvalue weighted by atomic mass is 32.2. The third-order valence-corrected chi connectivity index (χ3v) is 25.5. The van der Waals surface area contributed by atoms with Gasteiger partial charge in [-0.1, -0.05) is 205 Å². The number of aryl methyl sites for hydroxylation is 1. The summed E-state index contributed by atoms with van der Waals surface area (Å²) in [6.45, 7) is 15.2. The number of hydrogen-bond donors (Lipinski definition) is 1. The summed E-state index contributed by atoms with van der Waals surface area (Å²) in [5, 5.41) is 3.02. The molecule has 5 atom stereocenters. The van der Waals surface area contributed by atoms with Crippen LogP contribution in [0, 0.1) is 6.92 Å². The number of H-pyrrole nitrogens is 1. The van der Waals surface area contributed by atoms with Gasteiger partial charge < -0.3 is 13.6 Å². The van der Waals surface area contributed by atoms with Gasteiger partial charge in [0.1, 0.15) is 5.60 Å². The summed E-state index contributed by atoms with van der Waals surface area (Å²) in [4.78, 5) is 43.7. The van der Waals surface area contributed by atoms with E-state index >= 15 is 0 Å². The molecule has 0 amide bonds. The van der Waals surface area contributed by atoms with Crippen molar-refractivity contribution < 1.29 is 18.4 Å². The molecule has 320 valence electrons. The predicted molar refractivity (Wildman–Crippen MR) is 259 cm³/mol. The minimum Gasteiger partial charge on any atom is -0.404 e. The van der Waals surface area contributed by atoms with Crippen LogP contribution in [0.2, 0.25) is 10.1 Å². The Morgan fingerprint density at radius 2 is 1.15 bits per heavy atom. The lowest BCUT2D eigenvalue weighted by molar-refractivity contribution is -0.113. The zero-order valence-electron chi connectivity index (χ0n) is 36.2. The Morgan fingerprint density at radius 3 is 1.60 bits per heavy atom. The molecule has 1 N–H and O–H groups in total. The Labute approximate surface area is 374 Å². The van der Waals surface area contributed by atoms with Gasteiger partial charge in [0.25, 0.3) is 22.2 Å². The molecule has 62 heavy (non-hydrogen) atoms. The Kier molecular flexibility index (Phi) is 12.2. The van der Waals surface area contributed by atoms with E-state index in [2.05, 4.69) is 144 Å². The minimum atomic E-state index is -3.32. The average Bonchev–Trinajstić information content (AvgIpc) is 3.72. The first-order chi connectivity index (χ1) is 29.6. The lowest BCUT2D eigenvalue weighted by atomic mass is 10.0. The number of nitrogens with one attached hydrogen (secondary N) is 1. The molecule has 2 saturated heterocycles. The fraction of sp³-hybridized carbons (Fsp3) is 0.300. The second kappa shape index (κ2) is 17.2. The Hall–Kier alpha value is -4.54. The number of carbonyl (C=O) groups is 1. The third kappa shape index (κ3) is 7.67. The molecule has 2 aliphatic rings. The molecule has 2 bridgehead atoms. The number of fused-ring (bicyclic) bond motifs is 2. The van der Waals surface area contributed by atoms with E-state index in [0.717, 1.165) is 20.7 Å². The van der Waals surface area contributed by atoms with Crippen molar-refractivity contribution >= 4 is 66.0 Å². The van der Waals surface area contributed by atoms with Crippen molar-refractivity contribution in [3.63, 3.8) is 0 Å². The minimum absolute atomic E-state index is 0.0555. The van der Waals surface area contributed by atoms with Crippen LogP contribution in [0.1, 0.15) is 63.7 Å². The average molecular weight is 899 g/mol. The number of aromatic nitrogens is 2. The summed E-state index contributed by atoms with van der Waals surface area (Å²) < 4.78 is 24.5. The fourth-order valence-electron chi connectivity index (χ4n) is 9.45. The highest BCUT2D eigenvalue weighted by molar-refractivity contribution is 8.25. The lowest BCUT2D eigenvalue weighted by Crippen LogP contribution is -2.71. The number of benzene rings is 5. The molecule has 0 radical (unpaired) electrons. The zero-order valence-corrected chi connectivity index (χ0v) is 39.9. The van der Waals surface area contributed by atoms with E-state index in [0.29, 0.717) is 11.1 Å². The van der Waals surface area contributed by atoms with Crippen molar-refractivity contribution in [1.82, 2.24) is 9.55 Å². The molecular formula is C50H54N2O6S2Si2. The normalized spacial score (nSPS) is 21.5. The van der Waals surface area contributed by atoms with Crippen molar-refractivity contribution in [3.05, 3.63) is 190 Å². The van der Waals surface area contributed by atoms with Gasteiger partial charge in [-0.2, -0.15) is 0 Å². The van der Waals surface area contributed by atoms with Crippen LogP contribution >= 0.6 is 23.5 Å². The summed E-state index contributed by atoms with van der Waals surface area (Å²) in [7, 11) is -6.54. The molecule has 0 aliphatic carbocycles. The van der Waals surface area contributed by atoms with Gasteiger partial charge in [0.2, 0.25) is 5.12 Å². The number of hydrogen-bond acceptors (Lipinski definition) is 8. The Bertz CT molecular complexity index is 2540. The van der Waals surface area contributed by atoms with Crippen molar-refractivity contribution in [2.75, 3.05) is 6.61 Å². The fourth-order valence-corrected chi connectivity index (χ4v) is 22.2. The summed E-state index contributed by atoms with van der Waals surface area (Å²) in [5.74, 6) is 0. The highest BCUT2D eigenvalue weighted by Gasteiger charge is 2.71. The molecular weight excluding hydrogens is 845 g/mol. The lowest BCUT2D eigenvalue weighted by Gasteiger charge is -2.48. The van der Waals surface area contributed by atoms with Crippen molar-refractivity contribution in [1.29, 1.82) is 0 Å². The molecule has 12 heteroatoms. The molecule has 8 rings (SSSR count). The molecule has 2 aliphatic heterocycles. The van der Waals surface area contributed by atoms with Crippen LogP contribution in [0.4, 0.5) is 0 Å². The first-order valence-electron chi connectivity index (χ1n) is 21.1. The third-order valence-electron chi connectivity index (χ3n) is 12.4. The van der Waals surface area contributed by atoms with Gasteiger partial charge in [-0.15, -0.1) is 11.8 Å². The zero-order chi connectivity index (χ0) is 43.9. The Morgan fingerprint density at radius 1 is 0.710 bits per heavy atom. The first kappa shape index (κ1) is 44.1. The van der Waals surface area contributed by atoms with E-state index in [-0.39, 0.29) is 16.8 Å². The smallest absolute Gasteiger partial charge is 0.330 e. The predicted octanol–water partition coefficient (Wildman–Crippen LogP) is 7.65. The van der Waals surface area contributed by atoms with Crippen LogP contribution in [0.5, 0.6) is 0 Å². The monoisotopic (exact) mass is 898 g/mol. The maximum atomic E-state index is 14.4. The van der Waals surface area contributed by atoms with Crippen molar-refractivity contribution in [2.24, 2.45) is 0 Å². The van der Waals surface area contributed by atoms with Gasteiger partial charge in [0.15, 0.2) is 6.23 Å². The molecule has 6 aromatic rings. The summed E-state index contributed by atoms with van der Waals surface area (Å²) in [6.07, 6.45) is 0.0286. The SMILES string of the molecule is Cc1cn([C@@H]2O[C@@]3(CO[Si](c4ccccc4)(c4ccccc4)C(C)(C)C)[C@@H](SC(=O)c4ccccc4)S[C@@H]2[C@@H]3O[Si](c2ccccc2)(c2ccccc2)C(C)(C)C)c(=O)[nH]c1=O. The molecule has 0 unspecified atom stereocenters. The van der Waals surface area contributed by atoms with Gasteiger partial charge in [-0.25, -0.2) is 4.79 Å². The van der Waals surface area contributed by atoms with Gasteiger partial charge >= 0.3 is 5.69 Å². The van der Waals surface area contributed by atoms with E-state index < -0.39 is 60.7 Å². The van der Waals surface area contributed by atoms with E-state index in [9.17, 15) is 14.4 Å². The van der Waals surface area contributed by atoms with Crippen LogP contribution in [-0.4, -0.2) is 59.4 Å². The maximum Gasteiger partial charge on any atom is 0.330 e. The second-order valence-electron chi connectivity index (χ2n) is 18.3. The Balaban J connectivity index is 1.38. The van der Waals surface area contributed by atoms with E-state index in [1.807, 2.05) is 54.6 Å². The summed E-state index contributed by atoms with van der Waals surface area (Å²) in [5.41, 5.74) is -1.35. The van der Waals surface area contributed by atoms with E-state index in [1.54, 1.807) is 24.9 Å². The van der Waals surface area contributed by atoms with Crippen molar-refractivity contribution in [2.45, 2.75) is 86.3 Å². The second-order valence-corrected chi connectivity index (χ2v) is 29.5. The van der Waals surface area contributed by atoms with Gasteiger partial charge in [-0.05, 0) is 37.7 Å². The van der Waals surface area contributed by atoms with Crippen LogP contribution < -0.4 is 32.0 Å². The molecule has 1 aromatic heterocycles. The van der Waals surface area contributed by atoms with Crippen molar-refractivity contribution in [3.8, 4) is 0 Å². The molecule has 0 spiro atoms. The molecule has 5 aromatic carbocycles. The van der Waals surface area contributed by atoms with E-state index in [4.69, 9.17) is 13.6 Å². The number of rotatable bonds is 12. The van der Waals surface area contributed by atoms with Gasteiger partial charge in [-0.3, -0.25) is 19.1 Å². The summed E-state index contributed by atoms with van der Waals surface area (Å²) in [6, 6.07) is 51.2. The number of carbonyl (C=O) groups excluding carboxylic acids is 1. The maximum absolute atomic E-state index is 14.4. The largest absolute Gasteiger partial charge is 0.404 e. The number of aromatic amines is 1.